The van der Waals surface area contributed by atoms with Gasteiger partial charge in [-0.25, -0.2) is 14.2 Å². The normalized spacial score (nSPS) is 11.4. The summed E-state index contributed by atoms with van der Waals surface area (Å²) in [6.07, 6.45) is 1.51. The van der Waals surface area contributed by atoms with Crippen molar-refractivity contribution in [3.05, 3.63) is 76.2 Å². The predicted molar refractivity (Wildman–Crippen MR) is 99.8 cm³/mol. The molecule has 6 nitrogen and oxygen atoms in total. The lowest BCUT2D eigenvalue weighted by atomic mass is 10.2. The van der Waals surface area contributed by atoms with Crippen LogP contribution in [0.15, 0.2) is 58.6 Å². The van der Waals surface area contributed by atoms with E-state index < -0.39 is 5.97 Å². The van der Waals surface area contributed by atoms with Gasteiger partial charge in [0.25, 0.3) is 0 Å². The van der Waals surface area contributed by atoms with Crippen molar-refractivity contribution in [3.63, 3.8) is 0 Å². The monoisotopic (exact) mass is 385 g/mol. The number of rotatable bonds is 7. The number of halogens is 1. The molecule has 0 atom stereocenters. The lowest BCUT2D eigenvalue weighted by Gasteiger charge is -2.10. The van der Waals surface area contributed by atoms with Crippen molar-refractivity contribution in [1.82, 2.24) is 15.2 Å². The molecule has 1 heterocycles. The molecule has 27 heavy (non-hydrogen) atoms. The Morgan fingerprint density at radius 3 is 2.67 bits per heavy atom. The Bertz CT molecular complexity index is 970. The summed E-state index contributed by atoms with van der Waals surface area (Å²) in [5.41, 5.74) is 1.41. The van der Waals surface area contributed by atoms with Gasteiger partial charge >= 0.3 is 5.97 Å². The van der Waals surface area contributed by atoms with Crippen molar-refractivity contribution in [3.8, 4) is 5.75 Å². The molecule has 2 N–H and O–H groups in total. The number of carboxylic acids is 1. The topological polar surface area (TPSA) is 88.1 Å². The van der Waals surface area contributed by atoms with E-state index >= 15 is 0 Å². The molecule has 2 aromatic carbocycles. The molecule has 0 fully saturated rings. The van der Waals surface area contributed by atoms with E-state index in [0.29, 0.717) is 22.3 Å². The van der Waals surface area contributed by atoms with Gasteiger partial charge in [-0.2, -0.15) is 0 Å². The van der Waals surface area contributed by atoms with Gasteiger partial charge in [0, 0.05) is 5.56 Å². The number of hydrogen-bond donors (Lipinski definition) is 2. The smallest absolute Gasteiger partial charge is 0.342 e. The fourth-order valence-electron chi connectivity index (χ4n) is 2.22. The number of aliphatic carboxylic acids is 1. The Morgan fingerprint density at radius 2 is 2.00 bits per heavy atom. The van der Waals surface area contributed by atoms with Gasteiger partial charge in [0.15, 0.2) is 0 Å². The fourth-order valence-corrected chi connectivity index (χ4v) is 2.96. The molecule has 1 aromatic heterocycles. The number of thioether (sulfide) groups is 1. The van der Waals surface area contributed by atoms with Crippen LogP contribution in [-0.2, 0) is 11.4 Å². The summed E-state index contributed by atoms with van der Waals surface area (Å²) < 4.78 is 18.8. The van der Waals surface area contributed by atoms with Crippen LogP contribution in [0.3, 0.4) is 0 Å². The summed E-state index contributed by atoms with van der Waals surface area (Å²) in [7, 11) is 0. The number of aryl methyl sites for hydroxylation is 1. The Labute approximate surface area is 159 Å². The number of benzene rings is 2. The van der Waals surface area contributed by atoms with E-state index in [9.17, 15) is 14.3 Å². The quantitative estimate of drug-likeness (QED) is 0.471. The average molecular weight is 385 g/mol. The van der Waals surface area contributed by atoms with Crippen LogP contribution in [-0.4, -0.2) is 26.3 Å². The van der Waals surface area contributed by atoms with Crippen LogP contribution in [0.4, 0.5) is 4.39 Å². The molecule has 3 rings (SSSR count). The Morgan fingerprint density at radius 1 is 1.26 bits per heavy atom. The lowest BCUT2D eigenvalue weighted by molar-refractivity contribution is -0.131. The van der Waals surface area contributed by atoms with E-state index in [2.05, 4.69) is 15.2 Å². The Balaban J connectivity index is 1.81. The van der Waals surface area contributed by atoms with Gasteiger partial charge in [-0.05, 0) is 48.5 Å². The standard InChI is InChI=1S/C19H16FN3O3S/c1-12-21-19(23-22-12)27-17(18(24)25)10-14-4-2-3-5-16(14)26-11-13-6-8-15(20)9-7-13/h2-10H,11H2,1H3,(H,24,25)(H,21,22,23). The zero-order valence-corrected chi connectivity index (χ0v) is 15.2. The van der Waals surface area contributed by atoms with Crippen LogP contribution in [0.5, 0.6) is 5.75 Å². The minimum absolute atomic E-state index is 0.0619. The van der Waals surface area contributed by atoms with E-state index in [-0.39, 0.29) is 17.3 Å². The number of nitrogens with one attached hydrogen (secondary N) is 1. The van der Waals surface area contributed by atoms with E-state index in [4.69, 9.17) is 4.74 Å². The zero-order valence-electron chi connectivity index (χ0n) is 14.3. The zero-order chi connectivity index (χ0) is 19.2. The molecule has 0 saturated heterocycles. The highest BCUT2D eigenvalue weighted by molar-refractivity contribution is 8.04. The largest absolute Gasteiger partial charge is 0.488 e. The van der Waals surface area contributed by atoms with Crippen LogP contribution in [0.25, 0.3) is 6.08 Å². The molecular weight excluding hydrogens is 369 g/mol. The van der Waals surface area contributed by atoms with Crippen LogP contribution < -0.4 is 4.74 Å². The summed E-state index contributed by atoms with van der Waals surface area (Å²) in [6.45, 7) is 1.97. The molecular formula is C19H16FN3O3S. The van der Waals surface area contributed by atoms with Crippen molar-refractivity contribution in [2.75, 3.05) is 0 Å². The molecule has 0 spiro atoms. The number of aromatic nitrogens is 3. The number of para-hydroxylation sites is 1. The fraction of sp³-hybridized carbons (Fsp3) is 0.105. The molecule has 8 heteroatoms. The van der Waals surface area contributed by atoms with Crippen LogP contribution in [0.2, 0.25) is 0 Å². The minimum atomic E-state index is -1.09. The van der Waals surface area contributed by atoms with Crippen LogP contribution >= 0.6 is 11.8 Å². The van der Waals surface area contributed by atoms with Gasteiger partial charge in [0.05, 0.1) is 0 Å². The summed E-state index contributed by atoms with van der Waals surface area (Å²) >= 11 is 0.948. The first-order chi connectivity index (χ1) is 13.0. The number of carboxylic acid groups (broad SMARTS) is 1. The highest BCUT2D eigenvalue weighted by Crippen LogP contribution is 2.29. The SMILES string of the molecule is Cc1nc(SC(=Cc2ccccc2OCc2ccc(F)cc2)C(=O)O)n[nH]1. The molecule has 0 aliphatic heterocycles. The second kappa shape index (κ2) is 8.50. The molecule has 0 unspecified atom stereocenters. The second-order valence-corrected chi connectivity index (χ2v) is 6.58. The highest BCUT2D eigenvalue weighted by atomic mass is 32.2. The maximum Gasteiger partial charge on any atom is 0.342 e. The molecule has 0 aliphatic carbocycles. The molecule has 138 valence electrons. The van der Waals surface area contributed by atoms with Crippen LogP contribution in [0, 0.1) is 12.7 Å². The van der Waals surface area contributed by atoms with Gasteiger partial charge in [-0.1, -0.05) is 30.3 Å². The van der Waals surface area contributed by atoms with Crippen molar-refractivity contribution >= 4 is 23.8 Å². The van der Waals surface area contributed by atoms with Gasteiger partial charge in [-0.3, -0.25) is 5.10 Å². The number of nitrogens with zero attached hydrogens (tertiary/aromatic N) is 2. The third kappa shape index (κ3) is 5.18. The molecule has 0 amide bonds. The molecule has 0 radical (unpaired) electrons. The van der Waals surface area contributed by atoms with Gasteiger partial charge in [0.2, 0.25) is 5.16 Å². The van der Waals surface area contributed by atoms with E-state index in [0.717, 1.165) is 17.3 Å². The first-order valence-electron chi connectivity index (χ1n) is 7.99. The summed E-state index contributed by atoms with van der Waals surface area (Å²) in [6, 6.07) is 13.1. The number of ether oxygens (including phenoxy) is 1. The van der Waals surface area contributed by atoms with Gasteiger partial charge < -0.3 is 9.84 Å². The third-order valence-electron chi connectivity index (χ3n) is 3.50. The van der Waals surface area contributed by atoms with Crippen LogP contribution in [0.1, 0.15) is 17.0 Å². The van der Waals surface area contributed by atoms with E-state index in [1.165, 1.54) is 18.2 Å². The molecule has 0 bridgehead atoms. The Hall–Kier alpha value is -3.13. The number of hydrogen-bond acceptors (Lipinski definition) is 5. The first kappa shape index (κ1) is 18.7. The first-order valence-corrected chi connectivity index (χ1v) is 8.81. The average Bonchev–Trinajstić information content (AvgIpc) is 3.06. The molecule has 3 aromatic rings. The molecule has 0 saturated carbocycles. The summed E-state index contributed by atoms with van der Waals surface area (Å²) in [5, 5.41) is 16.4. The van der Waals surface area contributed by atoms with Crippen molar-refractivity contribution in [1.29, 1.82) is 0 Å². The lowest BCUT2D eigenvalue weighted by Crippen LogP contribution is -2.00. The van der Waals surface area contributed by atoms with E-state index in [1.807, 2.05) is 0 Å². The Kier molecular flexibility index (Phi) is 5.87. The summed E-state index contributed by atoms with van der Waals surface area (Å²) in [4.78, 5) is 15.8. The van der Waals surface area contributed by atoms with Crippen molar-refractivity contribution in [2.45, 2.75) is 18.7 Å². The number of H-pyrrole nitrogens is 1. The highest BCUT2D eigenvalue weighted by Gasteiger charge is 2.14. The number of carbonyl (C=O) groups is 1. The second-order valence-electron chi connectivity index (χ2n) is 5.57. The molecule has 0 aliphatic rings. The van der Waals surface area contributed by atoms with Gasteiger partial charge in [0.1, 0.15) is 28.9 Å². The third-order valence-corrected chi connectivity index (χ3v) is 4.38. The summed E-state index contributed by atoms with van der Waals surface area (Å²) in [5.74, 6) is -0.277. The van der Waals surface area contributed by atoms with Gasteiger partial charge in [-0.15, -0.1) is 5.10 Å². The van der Waals surface area contributed by atoms with E-state index in [1.54, 1.807) is 43.3 Å². The number of aromatic amines is 1. The maximum atomic E-state index is 13.0. The van der Waals surface area contributed by atoms with Crippen molar-refractivity contribution < 1.29 is 19.0 Å². The minimum Gasteiger partial charge on any atom is -0.488 e. The van der Waals surface area contributed by atoms with Crippen molar-refractivity contribution in [2.24, 2.45) is 0 Å². The predicted octanol–water partition coefficient (Wildman–Crippen LogP) is 4.05. The maximum absolute atomic E-state index is 13.0.